The first-order valence-electron chi connectivity index (χ1n) is 11.5. The number of rotatable bonds is 5. The fourth-order valence-corrected chi connectivity index (χ4v) is 5.01. The topological polar surface area (TPSA) is 110 Å². The third-order valence-electron chi connectivity index (χ3n) is 6.41. The van der Waals surface area contributed by atoms with Crippen molar-refractivity contribution >= 4 is 44.4 Å². The van der Waals surface area contributed by atoms with E-state index in [9.17, 15) is 5.11 Å². The number of nitrogens with zero attached hydrogens (tertiary/aromatic N) is 4. The molecule has 0 bridgehead atoms. The molecule has 180 valence electrons. The molecule has 0 fully saturated rings. The molecule has 2 N–H and O–H groups in total. The van der Waals surface area contributed by atoms with E-state index in [0.29, 0.717) is 34.4 Å². The summed E-state index contributed by atoms with van der Waals surface area (Å²) in [7, 11) is 1.65. The van der Waals surface area contributed by atoms with Crippen molar-refractivity contribution in [2.45, 2.75) is 20.3 Å². The number of nitrogens with one attached hydrogen (secondary N) is 1. The first-order chi connectivity index (χ1) is 17.5. The molecular formula is C27H22ClN5O3. The number of halogens is 1. The van der Waals surface area contributed by atoms with Gasteiger partial charge >= 0.3 is 0 Å². The normalized spacial score (nSPS) is 11.7. The highest BCUT2D eigenvalue weighted by atomic mass is 35.5. The van der Waals surface area contributed by atoms with E-state index in [0.717, 1.165) is 55.3 Å². The van der Waals surface area contributed by atoms with Gasteiger partial charge in [0.1, 0.15) is 23.0 Å². The van der Waals surface area contributed by atoms with E-state index in [1.165, 1.54) is 0 Å². The molecule has 0 unspecified atom stereocenters. The molecule has 4 aromatic heterocycles. The van der Waals surface area contributed by atoms with Gasteiger partial charge in [0.05, 0.1) is 41.6 Å². The van der Waals surface area contributed by atoms with Gasteiger partial charge in [-0.2, -0.15) is 0 Å². The zero-order valence-corrected chi connectivity index (χ0v) is 20.6. The third kappa shape index (κ3) is 3.49. The number of methoxy groups -OCH3 is 1. The summed E-state index contributed by atoms with van der Waals surface area (Å²) in [6, 6.07) is 11.5. The lowest BCUT2D eigenvalue weighted by molar-refractivity contribution is 0.297. The van der Waals surface area contributed by atoms with Crippen molar-refractivity contribution in [2.24, 2.45) is 0 Å². The fraction of sp³-hybridized carbons (Fsp3) is 0.185. The molecule has 0 atom stereocenters. The van der Waals surface area contributed by atoms with Crippen LogP contribution in [0.25, 0.3) is 55.2 Å². The van der Waals surface area contributed by atoms with E-state index >= 15 is 0 Å². The molecule has 0 aliphatic heterocycles. The van der Waals surface area contributed by atoms with Gasteiger partial charge in [-0.3, -0.25) is 4.98 Å². The largest absolute Gasteiger partial charge is 0.496 e. The van der Waals surface area contributed by atoms with Crippen molar-refractivity contribution < 1.29 is 14.4 Å². The molecule has 2 aromatic carbocycles. The quantitative estimate of drug-likeness (QED) is 0.308. The van der Waals surface area contributed by atoms with Crippen LogP contribution in [0.3, 0.4) is 0 Å². The number of aromatic amines is 1. The summed E-state index contributed by atoms with van der Waals surface area (Å²) in [6.45, 7) is 3.73. The van der Waals surface area contributed by atoms with Gasteiger partial charge in [0.2, 0.25) is 0 Å². The number of aryl methyl sites for hydroxylation is 2. The lowest BCUT2D eigenvalue weighted by atomic mass is 9.99. The Hall–Kier alpha value is -4.01. The van der Waals surface area contributed by atoms with Crippen LogP contribution in [0, 0.1) is 13.8 Å². The molecular weight excluding hydrogens is 478 g/mol. The van der Waals surface area contributed by atoms with Crippen LogP contribution in [0.4, 0.5) is 0 Å². The number of H-pyrrole nitrogens is 1. The number of aromatic nitrogens is 5. The van der Waals surface area contributed by atoms with Crippen LogP contribution in [0.5, 0.6) is 5.75 Å². The van der Waals surface area contributed by atoms with Crippen LogP contribution in [0.2, 0.25) is 5.02 Å². The second-order valence-electron chi connectivity index (χ2n) is 8.63. The molecule has 4 heterocycles. The van der Waals surface area contributed by atoms with Gasteiger partial charge < -0.3 is 19.4 Å². The summed E-state index contributed by atoms with van der Waals surface area (Å²) in [4.78, 5) is 17.6. The van der Waals surface area contributed by atoms with Gasteiger partial charge in [-0.25, -0.2) is 9.97 Å². The van der Waals surface area contributed by atoms with Crippen molar-refractivity contribution in [3.8, 4) is 28.1 Å². The van der Waals surface area contributed by atoms with Crippen molar-refractivity contribution in [3.63, 3.8) is 0 Å². The Balaban J connectivity index is 1.71. The Labute approximate surface area is 210 Å². The summed E-state index contributed by atoms with van der Waals surface area (Å²) in [6.07, 6.45) is 2.09. The minimum absolute atomic E-state index is 0.0574. The number of hydrogen-bond acceptors (Lipinski definition) is 7. The standard InChI is InChI=1S/C27H22ClN5O3/c1-13-24(14(2)36-33-13)19-11-21-18(12-22(19)35-3)25-26(31-23(7-9-34)32-27(25)30-21)16-6-8-29-20-5-4-15(28)10-17(16)20/h4-6,8,10-12,34H,7,9H2,1-3H3,(H,30,31,32). The number of benzene rings is 2. The predicted molar refractivity (Wildman–Crippen MR) is 139 cm³/mol. The molecule has 0 radical (unpaired) electrons. The van der Waals surface area contributed by atoms with Gasteiger partial charge in [0.15, 0.2) is 0 Å². The number of fused-ring (bicyclic) bond motifs is 4. The van der Waals surface area contributed by atoms with E-state index < -0.39 is 0 Å². The van der Waals surface area contributed by atoms with Crippen molar-refractivity contribution in [1.82, 2.24) is 25.1 Å². The summed E-state index contributed by atoms with van der Waals surface area (Å²) in [5.74, 6) is 1.94. The van der Waals surface area contributed by atoms with Gasteiger partial charge in [-0.1, -0.05) is 16.8 Å². The Bertz CT molecular complexity index is 1770. The monoisotopic (exact) mass is 499 g/mol. The van der Waals surface area contributed by atoms with E-state index in [1.54, 1.807) is 13.3 Å². The van der Waals surface area contributed by atoms with Crippen molar-refractivity contribution in [2.75, 3.05) is 13.7 Å². The lowest BCUT2D eigenvalue weighted by Gasteiger charge is -2.11. The maximum atomic E-state index is 9.61. The van der Waals surface area contributed by atoms with Crippen LogP contribution in [-0.2, 0) is 6.42 Å². The van der Waals surface area contributed by atoms with Crippen LogP contribution in [0.15, 0.2) is 47.1 Å². The predicted octanol–water partition coefficient (Wildman–Crippen LogP) is 5.79. The minimum atomic E-state index is -0.0574. The van der Waals surface area contributed by atoms with Gasteiger partial charge in [-0.15, -0.1) is 0 Å². The second-order valence-corrected chi connectivity index (χ2v) is 9.06. The molecule has 0 spiro atoms. The Kier molecular flexibility index (Phi) is 5.35. The highest BCUT2D eigenvalue weighted by Crippen LogP contribution is 2.42. The van der Waals surface area contributed by atoms with Gasteiger partial charge in [-0.05, 0) is 50.2 Å². The van der Waals surface area contributed by atoms with E-state index in [2.05, 4.69) is 15.1 Å². The molecule has 0 aliphatic rings. The number of aliphatic hydroxyl groups excluding tert-OH is 1. The number of aliphatic hydroxyl groups is 1. The zero-order valence-electron chi connectivity index (χ0n) is 19.9. The Morgan fingerprint density at radius 1 is 1.06 bits per heavy atom. The summed E-state index contributed by atoms with van der Waals surface area (Å²) in [5.41, 5.74) is 6.52. The SMILES string of the molecule is COc1cc2c(cc1-c1c(C)noc1C)[nH]c1nc(CCO)nc(-c3ccnc4ccc(Cl)cc34)c12. The van der Waals surface area contributed by atoms with E-state index in [4.69, 9.17) is 30.8 Å². The summed E-state index contributed by atoms with van der Waals surface area (Å²) in [5, 5.41) is 17.0. The molecule has 36 heavy (non-hydrogen) atoms. The fourth-order valence-electron chi connectivity index (χ4n) is 4.83. The molecule has 0 aliphatic carbocycles. The van der Waals surface area contributed by atoms with Crippen LogP contribution in [-0.4, -0.2) is 43.9 Å². The molecule has 0 saturated carbocycles. The first-order valence-corrected chi connectivity index (χ1v) is 11.9. The zero-order chi connectivity index (χ0) is 25.0. The van der Waals surface area contributed by atoms with Gasteiger partial charge in [0.25, 0.3) is 0 Å². The number of ether oxygens (including phenoxy) is 1. The maximum Gasteiger partial charge on any atom is 0.142 e. The van der Waals surface area contributed by atoms with Crippen molar-refractivity contribution in [1.29, 1.82) is 0 Å². The molecule has 8 nitrogen and oxygen atoms in total. The minimum Gasteiger partial charge on any atom is -0.496 e. The van der Waals surface area contributed by atoms with E-state index in [1.807, 2.05) is 50.2 Å². The maximum absolute atomic E-state index is 9.61. The number of pyridine rings is 1. The average molecular weight is 500 g/mol. The Morgan fingerprint density at radius 3 is 2.67 bits per heavy atom. The van der Waals surface area contributed by atoms with E-state index in [-0.39, 0.29) is 6.61 Å². The third-order valence-corrected chi connectivity index (χ3v) is 6.65. The second kappa shape index (κ2) is 8.58. The molecule has 0 saturated heterocycles. The average Bonchev–Trinajstić information content (AvgIpc) is 3.40. The summed E-state index contributed by atoms with van der Waals surface area (Å²) >= 11 is 6.35. The Morgan fingerprint density at radius 2 is 1.92 bits per heavy atom. The number of hydrogen-bond donors (Lipinski definition) is 2. The highest BCUT2D eigenvalue weighted by Gasteiger charge is 2.22. The molecule has 9 heteroatoms. The highest BCUT2D eigenvalue weighted by molar-refractivity contribution is 6.31. The smallest absolute Gasteiger partial charge is 0.142 e. The first kappa shape index (κ1) is 22.5. The molecule has 6 rings (SSSR count). The summed E-state index contributed by atoms with van der Waals surface area (Å²) < 4.78 is 11.2. The molecule has 6 aromatic rings. The van der Waals surface area contributed by atoms with Crippen LogP contribution < -0.4 is 4.74 Å². The molecule has 0 amide bonds. The lowest BCUT2D eigenvalue weighted by Crippen LogP contribution is -2.01. The van der Waals surface area contributed by atoms with Gasteiger partial charge in [0, 0.05) is 45.1 Å². The van der Waals surface area contributed by atoms with Crippen LogP contribution >= 0.6 is 11.6 Å². The van der Waals surface area contributed by atoms with Crippen LogP contribution in [0.1, 0.15) is 17.3 Å². The van der Waals surface area contributed by atoms with Crippen molar-refractivity contribution in [3.05, 3.63) is 64.9 Å².